The zero-order valence-corrected chi connectivity index (χ0v) is 7.97. The third kappa shape index (κ3) is 2.68. The number of aliphatic carboxylic acids is 1. The van der Waals surface area contributed by atoms with Gasteiger partial charge in [-0.25, -0.2) is 0 Å². The van der Waals surface area contributed by atoms with E-state index in [4.69, 9.17) is 9.29 Å². The quantitative estimate of drug-likeness (QED) is 0.691. The van der Waals surface area contributed by atoms with Crippen molar-refractivity contribution in [3.63, 3.8) is 0 Å². The highest BCUT2D eigenvalue weighted by Crippen LogP contribution is 2.27. The third-order valence-electron chi connectivity index (χ3n) is 2.26. The fourth-order valence-corrected chi connectivity index (χ4v) is 2.01. The molecule has 0 unspecified atom stereocenters. The van der Waals surface area contributed by atoms with Gasteiger partial charge in [0.2, 0.25) is 0 Å². The van der Waals surface area contributed by atoms with Gasteiger partial charge in [0.25, 0.3) is 0 Å². The zero-order valence-electron chi connectivity index (χ0n) is 7.16. The van der Waals surface area contributed by atoms with Crippen molar-refractivity contribution in [2.75, 3.05) is 6.26 Å². The van der Waals surface area contributed by atoms with Crippen molar-refractivity contribution >= 4 is 18.0 Å². The molecule has 4 heteroatoms. The molecule has 1 saturated carbocycles. The van der Waals surface area contributed by atoms with Crippen LogP contribution < -0.4 is 0 Å². The molecule has 0 bridgehead atoms. The number of carboxylic acids is 1. The Morgan fingerprint density at radius 3 is 2.42 bits per heavy atom. The van der Waals surface area contributed by atoms with E-state index in [-0.39, 0.29) is 12.0 Å². The van der Waals surface area contributed by atoms with Gasteiger partial charge in [0.05, 0.1) is 12.0 Å². The van der Waals surface area contributed by atoms with E-state index in [9.17, 15) is 4.79 Å². The third-order valence-corrected chi connectivity index (χ3v) is 2.72. The molecule has 0 aromatic carbocycles. The summed E-state index contributed by atoms with van der Waals surface area (Å²) in [4.78, 5) is 10.6. The molecule has 0 heterocycles. The van der Waals surface area contributed by atoms with E-state index in [0.29, 0.717) is 0 Å². The second-order valence-corrected chi connectivity index (χ2v) is 3.60. The Bertz CT molecular complexity index is 152. The fraction of sp³-hybridized carbons (Fsp3) is 0.875. The summed E-state index contributed by atoms with van der Waals surface area (Å²) in [7, 11) is 0. The van der Waals surface area contributed by atoms with Gasteiger partial charge in [-0.1, -0.05) is 0 Å². The van der Waals surface area contributed by atoms with Crippen LogP contribution in [0.5, 0.6) is 0 Å². The summed E-state index contributed by atoms with van der Waals surface area (Å²) in [6, 6.07) is 0. The molecule has 3 nitrogen and oxygen atoms in total. The van der Waals surface area contributed by atoms with Crippen molar-refractivity contribution in [3.8, 4) is 0 Å². The number of rotatable bonds is 3. The SMILES string of the molecule is CSOC1CCC(C(=O)O)CC1. The maximum Gasteiger partial charge on any atom is 0.306 e. The topological polar surface area (TPSA) is 46.5 Å². The van der Waals surface area contributed by atoms with Gasteiger partial charge in [-0.05, 0) is 37.7 Å². The Kier molecular flexibility index (Phi) is 3.88. The Hall–Kier alpha value is -0.220. The summed E-state index contributed by atoms with van der Waals surface area (Å²) in [6.45, 7) is 0. The maximum atomic E-state index is 10.6. The van der Waals surface area contributed by atoms with Gasteiger partial charge in [0, 0.05) is 6.26 Å². The molecule has 70 valence electrons. The second-order valence-electron chi connectivity index (χ2n) is 3.07. The van der Waals surface area contributed by atoms with Crippen LogP contribution in [0, 0.1) is 5.92 Å². The highest BCUT2D eigenvalue weighted by atomic mass is 32.2. The van der Waals surface area contributed by atoms with Crippen LogP contribution in [-0.2, 0) is 8.98 Å². The lowest BCUT2D eigenvalue weighted by Gasteiger charge is -2.24. The Morgan fingerprint density at radius 1 is 1.42 bits per heavy atom. The number of carboxylic acid groups (broad SMARTS) is 1. The van der Waals surface area contributed by atoms with Crippen LogP contribution in [0.1, 0.15) is 25.7 Å². The minimum absolute atomic E-state index is 0.133. The van der Waals surface area contributed by atoms with Crippen molar-refractivity contribution in [2.45, 2.75) is 31.8 Å². The van der Waals surface area contributed by atoms with Crippen LogP contribution >= 0.6 is 12.0 Å². The van der Waals surface area contributed by atoms with Crippen molar-refractivity contribution < 1.29 is 14.1 Å². The summed E-state index contributed by atoms with van der Waals surface area (Å²) in [6.07, 6.45) is 5.47. The Balaban J connectivity index is 2.25. The molecule has 0 amide bonds. The molecule has 1 rings (SSSR count). The predicted octanol–water partition coefficient (Wildman–Crippen LogP) is 1.92. The zero-order chi connectivity index (χ0) is 8.97. The van der Waals surface area contributed by atoms with Crippen LogP contribution in [0.2, 0.25) is 0 Å². The van der Waals surface area contributed by atoms with Gasteiger partial charge in [0.15, 0.2) is 0 Å². The van der Waals surface area contributed by atoms with Crippen LogP contribution in [0.3, 0.4) is 0 Å². The van der Waals surface area contributed by atoms with Crippen LogP contribution in [0.15, 0.2) is 0 Å². The first-order valence-corrected chi connectivity index (χ1v) is 5.31. The number of carbonyl (C=O) groups is 1. The van der Waals surface area contributed by atoms with E-state index < -0.39 is 5.97 Å². The number of hydrogen-bond acceptors (Lipinski definition) is 3. The Labute approximate surface area is 76.7 Å². The van der Waals surface area contributed by atoms with E-state index in [1.807, 2.05) is 6.26 Å². The highest BCUT2D eigenvalue weighted by Gasteiger charge is 2.26. The summed E-state index contributed by atoms with van der Waals surface area (Å²) in [5.74, 6) is -0.788. The van der Waals surface area contributed by atoms with Crippen molar-refractivity contribution in [1.29, 1.82) is 0 Å². The normalized spacial score (nSPS) is 30.1. The minimum atomic E-state index is -0.655. The molecular weight excluding hydrogens is 176 g/mol. The molecule has 1 aliphatic rings. The summed E-state index contributed by atoms with van der Waals surface area (Å²) in [5, 5.41) is 8.71. The van der Waals surface area contributed by atoms with Crippen LogP contribution in [0.25, 0.3) is 0 Å². The molecule has 0 aliphatic heterocycles. The van der Waals surface area contributed by atoms with Gasteiger partial charge in [-0.2, -0.15) is 0 Å². The first kappa shape index (κ1) is 9.86. The summed E-state index contributed by atoms with van der Waals surface area (Å²) in [5.41, 5.74) is 0. The number of hydrogen-bond donors (Lipinski definition) is 1. The highest BCUT2D eigenvalue weighted by molar-refractivity contribution is 7.93. The van der Waals surface area contributed by atoms with Gasteiger partial charge in [-0.15, -0.1) is 0 Å². The monoisotopic (exact) mass is 190 g/mol. The van der Waals surface area contributed by atoms with Gasteiger partial charge < -0.3 is 9.29 Å². The van der Waals surface area contributed by atoms with Crippen LogP contribution in [-0.4, -0.2) is 23.4 Å². The molecule has 0 aromatic heterocycles. The van der Waals surface area contributed by atoms with Crippen molar-refractivity contribution in [3.05, 3.63) is 0 Å². The standard InChI is InChI=1S/C8H14O3S/c1-12-11-7-4-2-6(3-5-7)8(9)10/h6-7H,2-5H2,1H3,(H,9,10). The smallest absolute Gasteiger partial charge is 0.306 e. The average molecular weight is 190 g/mol. The molecule has 0 spiro atoms. The van der Waals surface area contributed by atoms with Crippen LogP contribution in [0.4, 0.5) is 0 Å². The van der Waals surface area contributed by atoms with Gasteiger partial charge >= 0.3 is 5.97 Å². The lowest BCUT2D eigenvalue weighted by molar-refractivity contribution is -0.143. The Morgan fingerprint density at radius 2 is 2.00 bits per heavy atom. The van der Waals surface area contributed by atoms with E-state index in [1.54, 1.807) is 0 Å². The molecule has 12 heavy (non-hydrogen) atoms. The lowest BCUT2D eigenvalue weighted by Crippen LogP contribution is -2.24. The molecule has 1 aliphatic carbocycles. The summed E-state index contributed by atoms with van der Waals surface area (Å²) < 4.78 is 5.33. The molecular formula is C8H14O3S. The second kappa shape index (κ2) is 4.72. The summed E-state index contributed by atoms with van der Waals surface area (Å²) >= 11 is 1.37. The predicted molar refractivity (Wildman–Crippen MR) is 48.0 cm³/mol. The first-order valence-electron chi connectivity index (χ1n) is 4.16. The molecule has 1 fully saturated rings. The average Bonchev–Trinajstić information content (AvgIpc) is 2.06. The minimum Gasteiger partial charge on any atom is -0.481 e. The molecule has 0 aromatic rings. The van der Waals surface area contributed by atoms with E-state index >= 15 is 0 Å². The van der Waals surface area contributed by atoms with E-state index in [1.165, 1.54) is 12.0 Å². The molecule has 1 N–H and O–H groups in total. The molecule has 0 atom stereocenters. The van der Waals surface area contributed by atoms with Gasteiger partial charge in [-0.3, -0.25) is 4.79 Å². The fourth-order valence-electron chi connectivity index (χ4n) is 1.54. The van der Waals surface area contributed by atoms with Crippen molar-refractivity contribution in [1.82, 2.24) is 0 Å². The molecule has 0 saturated heterocycles. The van der Waals surface area contributed by atoms with E-state index in [2.05, 4.69) is 0 Å². The van der Waals surface area contributed by atoms with Gasteiger partial charge in [0.1, 0.15) is 0 Å². The molecule has 0 radical (unpaired) electrons. The van der Waals surface area contributed by atoms with Crippen molar-refractivity contribution in [2.24, 2.45) is 5.92 Å². The lowest BCUT2D eigenvalue weighted by atomic mass is 9.88. The van der Waals surface area contributed by atoms with E-state index in [0.717, 1.165) is 25.7 Å². The first-order chi connectivity index (χ1) is 5.74. The maximum absolute atomic E-state index is 10.6. The largest absolute Gasteiger partial charge is 0.481 e.